The van der Waals surface area contributed by atoms with E-state index in [0.717, 1.165) is 28.6 Å². The Kier molecular flexibility index (Phi) is 6.15. The summed E-state index contributed by atoms with van der Waals surface area (Å²) in [6.45, 7) is 2.60. The highest BCUT2D eigenvalue weighted by Crippen LogP contribution is 2.32. The monoisotopic (exact) mass is 417 g/mol. The van der Waals surface area contributed by atoms with Gasteiger partial charge in [-0.2, -0.15) is 5.10 Å². The van der Waals surface area contributed by atoms with Gasteiger partial charge < -0.3 is 5.32 Å². The summed E-state index contributed by atoms with van der Waals surface area (Å²) in [4.78, 5) is 13.0. The molecule has 0 spiro atoms. The molecule has 4 aromatic rings. The summed E-state index contributed by atoms with van der Waals surface area (Å²) in [5, 5.41) is 9.54. The summed E-state index contributed by atoms with van der Waals surface area (Å²) in [6, 6.07) is 25.5. The van der Waals surface area contributed by atoms with Crippen molar-refractivity contribution in [2.75, 3.05) is 6.54 Å². The van der Waals surface area contributed by atoms with E-state index in [4.69, 9.17) is 16.7 Å². The molecule has 4 nitrogen and oxygen atoms in total. The SMILES string of the molecule is CC[C@@H](C(=O)NCCc1ccccc1)n1nc(-c2ccccc2)c2cc(Cl)ccc21. The molecule has 5 heteroatoms. The molecule has 1 aromatic heterocycles. The van der Waals surface area contributed by atoms with Crippen molar-refractivity contribution in [2.24, 2.45) is 0 Å². The van der Waals surface area contributed by atoms with Gasteiger partial charge in [0.25, 0.3) is 0 Å². The van der Waals surface area contributed by atoms with Crippen LogP contribution in [0.3, 0.4) is 0 Å². The summed E-state index contributed by atoms with van der Waals surface area (Å²) in [6.07, 6.45) is 1.44. The minimum Gasteiger partial charge on any atom is -0.354 e. The second-order valence-corrected chi connectivity index (χ2v) is 7.71. The molecular formula is C25H24ClN3O. The fraction of sp³-hybridized carbons (Fsp3) is 0.200. The predicted molar refractivity (Wildman–Crippen MR) is 123 cm³/mol. The number of aromatic nitrogens is 2. The van der Waals surface area contributed by atoms with E-state index < -0.39 is 0 Å². The molecule has 30 heavy (non-hydrogen) atoms. The lowest BCUT2D eigenvalue weighted by Crippen LogP contribution is -2.34. The highest BCUT2D eigenvalue weighted by molar-refractivity contribution is 6.31. The largest absolute Gasteiger partial charge is 0.354 e. The highest BCUT2D eigenvalue weighted by Gasteiger charge is 2.23. The fourth-order valence-corrected chi connectivity index (χ4v) is 3.89. The fourth-order valence-electron chi connectivity index (χ4n) is 3.72. The van der Waals surface area contributed by atoms with Crippen LogP contribution in [0.25, 0.3) is 22.2 Å². The van der Waals surface area contributed by atoms with Gasteiger partial charge >= 0.3 is 0 Å². The van der Waals surface area contributed by atoms with Crippen LogP contribution in [0.15, 0.2) is 78.9 Å². The van der Waals surface area contributed by atoms with Crippen molar-refractivity contribution in [1.29, 1.82) is 0 Å². The average molecular weight is 418 g/mol. The lowest BCUT2D eigenvalue weighted by Gasteiger charge is -2.17. The summed E-state index contributed by atoms with van der Waals surface area (Å²) < 4.78 is 1.84. The van der Waals surface area contributed by atoms with Gasteiger partial charge in [0.1, 0.15) is 11.7 Å². The van der Waals surface area contributed by atoms with Crippen molar-refractivity contribution >= 4 is 28.4 Å². The van der Waals surface area contributed by atoms with Crippen LogP contribution in [-0.4, -0.2) is 22.2 Å². The van der Waals surface area contributed by atoms with Gasteiger partial charge in [-0.05, 0) is 36.6 Å². The number of benzene rings is 3. The summed E-state index contributed by atoms with van der Waals surface area (Å²) in [5.41, 5.74) is 3.95. The molecule has 0 aliphatic rings. The molecule has 0 aliphatic heterocycles. The van der Waals surface area contributed by atoms with Crippen LogP contribution in [0.4, 0.5) is 0 Å². The number of halogens is 1. The Bertz CT molecular complexity index is 1140. The molecule has 1 atom stereocenters. The van der Waals surface area contributed by atoms with Crippen LogP contribution in [0.5, 0.6) is 0 Å². The van der Waals surface area contributed by atoms with Crippen LogP contribution in [0, 0.1) is 0 Å². The van der Waals surface area contributed by atoms with Crippen LogP contribution in [0.2, 0.25) is 5.02 Å². The van der Waals surface area contributed by atoms with Gasteiger partial charge in [0.2, 0.25) is 5.91 Å². The molecule has 1 amide bonds. The Morgan fingerprint density at radius 1 is 1.03 bits per heavy atom. The molecule has 0 aliphatic carbocycles. The van der Waals surface area contributed by atoms with Gasteiger partial charge in [-0.3, -0.25) is 9.48 Å². The second kappa shape index (κ2) is 9.14. The summed E-state index contributed by atoms with van der Waals surface area (Å²) in [5.74, 6) is -0.0209. The first-order chi connectivity index (χ1) is 14.7. The molecule has 1 N–H and O–H groups in total. The van der Waals surface area contributed by atoms with E-state index in [1.807, 2.05) is 78.3 Å². The molecule has 152 valence electrons. The van der Waals surface area contributed by atoms with E-state index in [2.05, 4.69) is 17.4 Å². The zero-order valence-electron chi connectivity index (χ0n) is 16.9. The zero-order valence-corrected chi connectivity index (χ0v) is 17.6. The van der Waals surface area contributed by atoms with E-state index in [1.165, 1.54) is 5.56 Å². The number of carbonyl (C=O) groups is 1. The van der Waals surface area contributed by atoms with Gasteiger partial charge in [-0.25, -0.2) is 0 Å². The van der Waals surface area contributed by atoms with Crippen molar-refractivity contribution < 1.29 is 4.79 Å². The number of carbonyl (C=O) groups excluding carboxylic acids is 1. The first-order valence-electron chi connectivity index (χ1n) is 10.2. The predicted octanol–water partition coefficient (Wildman–Crippen LogP) is 5.67. The maximum atomic E-state index is 13.0. The maximum absolute atomic E-state index is 13.0. The molecule has 0 unspecified atom stereocenters. The van der Waals surface area contributed by atoms with E-state index in [1.54, 1.807) is 0 Å². The Labute approximate surface area is 181 Å². The minimum absolute atomic E-state index is 0.0209. The molecule has 0 saturated carbocycles. The molecule has 0 radical (unpaired) electrons. The minimum atomic E-state index is -0.387. The molecular weight excluding hydrogens is 394 g/mol. The molecule has 0 saturated heterocycles. The van der Waals surface area contributed by atoms with E-state index in [-0.39, 0.29) is 11.9 Å². The molecule has 1 heterocycles. The third-order valence-corrected chi connectivity index (χ3v) is 5.49. The Hall–Kier alpha value is -3.11. The third-order valence-electron chi connectivity index (χ3n) is 5.26. The smallest absolute Gasteiger partial charge is 0.244 e. The van der Waals surface area contributed by atoms with Gasteiger partial charge in [-0.1, -0.05) is 79.2 Å². The lowest BCUT2D eigenvalue weighted by molar-refractivity contribution is -0.124. The molecule has 0 fully saturated rings. The second-order valence-electron chi connectivity index (χ2n) is 7.27. The Balaban J connectivity index is 1.62. The normalized spacial score (nSPS) is 12.1. The number of rotatable bonds is 7. The Morgan fingerprint density at radius 2 is 1.73 bits per heavy atom. The topological polar surface area (TPSA) is 46.9 Å². The van der Waals surface area contributed by atoms with Gasteiger partial charge in [0, 0.05) is 22.5 Å². The van der Waals surface area contributed by atoms with E-state index in [0.29, 0.717) is 18.0 Å². The number of nitrogens with zero attached hydrogens (tertiary/aromatic N) is 2. The first kappa shape index (κ1) is 20.2. The zero-order chi connectivity index (χ0) is 20.9. The first-order valence-corrected chi connectivity index (χ1v) is 10.6. The summed E-state index contributed by atoms with van der Waals surface area (Å²) >= 11 is 6.27. The van der Waals surface area contributed by atoms with Gasteiger partial charge in [-0.15, -0.1) is 0 Å². The number of hydrogen-bond donors (Lipinski definition) is 1. The van der Waals surface area contributed by atoms with Crippen LogP contribution < -0.4 is 5.32 Å². The van der Waals surface area contributed by atoms with Crippen LogP contribution in [0.1, 0.15) is 24.9 Å². The van der Waals surface area contributed by atoms with Crippen LogP contribution >= 0.6 is 11.6 Å². The number of amides is 1. The van der Waals surface area contributed by atoms with Crippen molar-refractivity contribution in [3.63, 3.8) is 0 Å². The van der Waals surface area contributed by atoms with Crippen molar-refractivity contribution in [3.05, 3.63) is 89.4 Å². The standard InChI is InChI=1S/C25H24ClN3O/c1-2-22(25(30)27-16-15-18-9-5-3-6-10-18)29-23-14-13-20(26)17-21(23)24(28-29)19-11-7-4-8-12-19/h3-14,17,22H,2,15-16H2,1H3,(H,27,30)/t22-/m0/s1. The molecule has 0 bridgehead atoms. The Morgan fingerprint density at radius 3 is 2.43 bits per heavy atom. The lowest BCUT2D eigenvalue weighted by atomic mass is 10.1. The highest BCUT2D eigenvalue weighted by atomic mass is 35.5. The molecule has 3 aromatic carbocycles. The quantitative estimate of drug-likeness (QED) is 0.421. The van der Waals surface area contributed by atoms with Crippen molar-refractivity contribution in [1.82, 2.24) is 15.1 Å². The van der Waals surface area contributed by atoms with Gasteiger partial charge in [0.05, 0.1) is 5.52 Å². The third kappa shape index (κ3) is 4.24. The number of fused-ring (bicyclic) bond motifs is 1. The number of nitrogens with one attached hydrogen (secondary N) is 1. The van der Waals surface area contributed by atoms with E-state index in [9.17, 15) is 4.79 Å². The average Bonchev–Trinajstić information content (AvgIpc) is 3.14. The van der Waals surface area contributed by atoms with Crippen molar-refractivity contribution in [3.8, 4) is 11.3 Å². The maximum Gasteiger partial charge on any atom is 0.244 e. The summed E-state index contributed by atoms with van der Waals surface area (Å²) in [7, 11) is 0. The van der Waals surface area contributed by atoms with Crippen molar-refractivity contribution in [2.45, 2.75) is 25.8 Å². The van der Waals surface area contributed by atoms with E-state index >= 15 is 0 Å². The van der Waals surface area contributed by atoms with Crippen LogP contribution in [-0.2, 0) is 11.2 Å². The number of hydrogen-bond acceptors (Lipinski definition) is 2. The molecule has 4 rings (SSSR count). The van der Waals surface area contributed by atoms with Gasteiger partial charge in [0.15, 0.2) is 0 Å².